The van der Waals surface area contributed by atoms with Crippen LogP contribution in [-0.4, -0.2) is 32.6 Å². The van der Waals surface area contributed by atoms with E-state index in [0.717, 1.165) is 4.31 Å². The molecule has 6 heteroatoms. The zero-order valence-corrected chi connectivity index (χ0v) is 10.8. The maximum absolute atomic E-state index is 11.8. The molecular formula is C10H12ClNO3S. The molecule has 1 rings (SSSR count). The highest BCUT2D eigenvalue weighted by molar-refractivity contribution is 7.89. The summed E-state index contributed by atoms with van der Waals surface area (Å²) < 4.78 is 24.7. The Morgan fingerprint density at radius 2 is 1.88 bits per heavy atom. The van der Waals surface area contributed by atoms with Crippen LogP contribution in [0.25, 0.3) is 0 Å². The molecule has 0 amide bonds. The molecule has 0 N–H and O–H groups in total. The molecule has 0 fully saturated rings. The van der Waals surface area contributed by atoms with Crippen LogP contribution in [0.5, 0.6) is 0 Å². The third-order valence-corrected chi connectivity index (χ3v) is 4.24. The standard InChI is InChI=1S/C10H12ClNO3S/c1-7(13)9-6-8(4-5-10(9)11)16(14,15)12(2)3/h4-6H,1-3H3. The number of ketones is 1. The van der Waals surface area contributed by atoms with E-state index in [9.17, 15) is 13.2 Å². The van der Waals surface area contributed by atoms with Crippen molar-refractivity contribution in [1.82, 2.24) is 4.31 Å². The van der Waals surface area contributed by atoms with Gasteiger partial charge in [-0.15, -0.1) is 0 Å². The van der Waals surface area contributed by atoms with E-state index in [0.29, 0.717) is 0 Å². The topological polar surface area (TPSA) is 54.5 Å². The van der Waals surface area contributed by atoms with Gasteiger partial charge in [0, 0.05) is 19.7 Å². The summed E-state index contributed by atoms with van der Waals surface area (Å²) in [5, 5.41) is 0.255. The Morgan fingerprint density at radius 1 is 1.31 bits per heavy atom. The molecule has 0 aliphatic carbocycles. The highest BCUT2D eigenvalue weighted by Gasteiger charge is 2.19. The van der Waals surface area contributed by atoms with Gasteiger partial charge in [-0.25, -0.2) is 12.7 Å². The number of Topliss-reactive ketones (excluding diaryl/α,β-unsaturated/α-hetero) is 1. The number of rotatable bonds is 3. The smallest absolute Gasteiger partial charge is 0.242 e. The zero-order valence-electron chi connectivity index (χ0n) is 9.19. The van der Waals surface area contributed by atoms with Crippen LogP contribution >= 0.6 is 11.6 Å². The van der Waals surface area contributed by atoms with Gasteiger partial charge in [0.1, 0.15) is 0 Å². The number of carbonyl (C=O) groups excluding carboxylic acids is 1. The van der Waals surface area contributed by atoms with Gasteiger partial charge in [-0.2, -0.15) is 0 Å². The lowest BCUT2D eigenvalue weighted by atomic mass is 10.1. The van der Waals surface area contributed by atoms with Crippen molar-refractivity contribution in [2.24, 2.45) is 0 Å². The van der Waals surface area contributed by atoms with Crippen LogP contribution in [-0.2, 0) is 10.0 Å². The van der Waals surface area contributed by atoms with Crippen LogP contribution in [0.3, 0.4) is 0 Å². The Labute approximate surface area is 99.9 Å². The van der Waals surface area contributed by atoms with Crippen molar-refractivity contribution in [3.8, 4) is 0 Å². The van der Waals surface area contributed by atoms with Crippen molar-refractivity contribution in [3.05, 3.63) is 28.8 Å². The second-order valence-corrected chi connectivity index (χ2v) is 6.04. The average molecular weight is 262 g/mol. The summed E-state index contributed by atoms with van der Waals surface area (Å²) in [7, 11) is -0.671. The lowest BCUT2D eigenvalue weighted by molar-refractivity contribution is 0.101. The lowest BCUT2D eigenvalue weighted by Gasteiger charge is -2.12. The molecule has 0 atom stereocenters. The largest absolute Gasteiger partial charge is 0.294 e. The normalized spacial score (nSPS) is 11.8. The van der Waals surface area contributed by atoms with Crippen LogP contribution in [0.4, 0.5) is 0 Å². The predicted octanol–water partition coefficient (Wildman–Crippen LogP) is 1.79. The van der Waals surface area contributed by atoms with E-state index in [1.54, 1.807) is 0 Å². The fourth-order valence-electron chi connectivity index (χ4n) is 1.15. The van der Waals surface area contributed by atoms with Crippen molar-refractivity contribution >= 4 is 27.4 Å². The molecule has 0 heterocycles. The van der Waals surface area contributed by atoms with Gasteiger partial charge in [0.05, 0.1) is 9.92 Å². The fraction of sp³-hybridized carbons (Fsp3) is 0.300. The third-order valence-electron chi connectivity index (χ3n) is 2.10. The summed E-state index contributed by atoms with van der Waals surface area (Å²) in [6.45, 7) is 1.34. The van der Waals surface area contributed by atoms with E-state index in [-0.39, 0.29) is 21.3 Å². The molecule has 0 aliphatic rings. The van der Waals surface area contributed by atoms with E-state index in [1.165, 1.54) is 39.2 Å². The Kier molecular flexibility index (Phi) is 3.72. The van der Waals surface area contributed by atoms with E-state index < -0.39 is 10.0 Å². The van der Waals surface area contributed by atoms with Crippen molar-refractivity contribution < 1.29 is 13.2 Å². The predicted molar refractivity (Wildman–Crippen MR) is 62.3 cm³/mol. The quantitative estimate of drug-likeness (QED) is 0.780. The molecule has 0 unspecified atom stereocenters. The Morgan fingerprint density at radius 3 is 2.31 bits per heavy atom. The van der Waals surface area contributed by atoms with Crippen molar-refractivity contribution in [1.29, 1.82) is 0 Å². The number of hydrogen-bond donors (Lipinski definition) is 0. The SMILES string of the molecule is CC(=O)c1cc(S(=O)(=O)N(C)C)ccc1Cl. The highest BCUT2D eigenvalue weighted by atomic mass is 35.5. The number of nitrogens with zero attached hydrogens (tertiary/aromatic N) is 1. The minimum Gasteiger partial charge on any atom is -0.294 e. The van der Waals surface area contributed by atoms with E-state index in [2.05, 4.69) is 0 Å². The number of sulfonamides is 1. The summed E-state index contributed by atoms with van der Waals surface area (Å²) in [4.78, 5) is 11.3. The molecule has 4 nitrogen and oxygen atoms in total. The van der Waals surface area contributed by atoms with Crippen molar-refractivity contribution in [2.45, 2.75) is 11.8 Å². The van der Waals surface area contributed by atoms with Gasteiger partial charge in [-0.3, -0.25) is 4.79 Å². The Hall–Kier alpha value is -0.910. The monoisotopic (exact) mass is 261 g/mol. The van der Waals surface area contributed by atoms with Crippen LogP contribution in [0, 0.1) is 0 Å². The van der Waals surface area contributed by atoms with E-state index in [1.807, 2.05) is 0 Å². The number of hydrogen-bond acceptors (Lipinski definition) is 3. The molecule has 16 heavy (non-hydrogen) atoms. The Bertz CT molecular complexity index is 523. The van der Waals surface area contributed by atoms with E-state index >= 15 is 0 Å². The number of carbonyl (C=O) groups is 1. The maximum Gasteiger partial charge on any atom is 0.242 e. The van der Waals surface area contributed by atoms with E-state index in [4.69, 9.17) is 11.6 Å². The molecule has 1 aromatic carbocycles. The van der Waals surface area contributed by atoms with Gasteiger partial charge in [0.15, 0.2) is 5.78 Å². The van der Waals surface area contributed by atoms with Gasteiger partial charge in [-0.05, 0) is 25.1 Å². The first-order chi connectivity index (χ1) is 7.26. The molecule has 0 bridgehead atoms. The summed E-state index contributed by atoms with van der Waals surface area (Å²) in [5.74, 6) is -0.263. The number of halogens is 1. The summed E-state index contributed by atoms with van der Waals surface area (Å²) in [6.07, 6.45) is 0. The fourth-order valence-corrected chi connectivity index (χ4v) is 2.32. The summed E-state index contributed by atoms with van der Waals surface area (Å²) >= 11 is 5.79. The molecule has 0 saturated heterocycles. The van der Waals surface area contributed by atoms with Gasteiger partial charge in [0.25, 0.3) is 0 Å². The first kappa shape index (κ1) is 13.2. The van der Waals surface area contributed by atoms with Gasteiger partial charge < -0.3 is 0 Å². The van der Waals surface area contributed by atoms with Crippen LogP contribution < -0.4 is 0 Å². The zero-order chi connectivity index (χ0) is 12.5. The summed E-state index contributed by atoms with van der Waals surface area (Å²) in [6, 6.07) is 4.08. The van der Waals surface area contributed by atoms with Crippen LogP contribution in [0.15, 0.2) is 23.1 Å². The van der Waals surface area contributed by atoms with Gasteiger partial charge in [-0.1, -0.05) is 11.6 Å². The second kappa shape index (κ2) is 4.53. The van der Waals surface area contributed by atoms with Gasteiger partial charge in [0.2, 0.25) is 10.0 Å². The molecule has 0 saturated carbocycles. The molecule has 0 aliphatic heterocycles. The van der Waals surface area contributed by atoms with Crippen molar-refractivity contribution in [3.63, 3.8) is 0 Å². The second-order valence-electron chi connectivity index (χ2n) is 3.49. The first-order valence-electron chi connectivity index (χ1n) is 4.50. The van der Waals surface area contributed by atoms with Gasteiger partial charge >= 0.3 is 0 Å². The molecule has 1 aromatic rings. The highest BCUT2D eigenvalue weighted by Crippen LogP contribution is 2.22. The lowest BCUT2D eigenvalue weighted by Crippen LogP contribution is -2.22. The van der Waals surface area contributed by atoms with Crippen molar-refractivity contribution in [2.75, 3.05) is 14.1 Å². The number of benzene rings is 1. The minimum absolute atomic E-state index is 0.0621. The van der Waals surface area contributed by atoms with Crippen LogP contribution in [0.2, 0.25) is 5.02 Å². The maximum atomic E-state index is 11.8. The van der Waals surface area contributed by atoms with Crippen LogP contribution in [0.1, 0.15) is 17.3 Å². The average Bonchev–Trinajstić information content (AvgIpc) is 2.17. The molecule has 0 spiro atoms. The molecule has 0 radical (unpaired) electrons. The molecule has 88 valence electrons. The first-order valence-corrected chi connectivity index (χ1v) is 6.31. The third kappa shape index (κ3) is 2.42. The minimum atomic E-state index is -3.53. The Balaban J connectivity index is 3.40. The summed E-state index contributed by atoms with van der Waals surface area (Å²) in [5.41, 5.74) is 0.213. The molecule has 0 aromatic heterocycles. The molecular weight excluding hydrogens is 250 g/mol.